The Morgan fingerprint density at radius 1 is 1.32 bits per heavy atom. The number of ether oxygens (including phenoxy) is 1. The van der Waals surface area contributed by atoms with E-state index in [2.05, 4.69) is 15.4 Å². The minimum absolute atomic E-state index is 0.177. The number of pyridine rings is 1. The number of hydrogen-bond acceptors (Lipinski definition) is 5. The number of carbonyl (C=O) groups is 1. The first-order chi connectivity index (χ1) is 10.7. The fraction of sp³-hybridized carbons (Fsp3) is 0.0667. The van der Waals surface area contributed by atoms with Crippen LogP contribution in [0.15, 0.2) is 42.6 Å². The van der Waals surface area contributed by atoms with Crippen molar-refractivity contribution in [3.05, 3.63) is 53.7 Å². The maximum Gasteiger partial charge on any atom is 0.258 e. The number of carbonyl (C=O) groups excluding carboxylic acids is 1. The number of methoxy groups -OCH3 is 1. The third kappa shape index (κ3) is 2.58. The van der Waals surface area contributed by atoms with Gasteiger partial charge in [-0.15, -0.1) is 5.10 Å². The van der Waals surface area contributed by atoms with Crippen molar-refractivity contribution in [2.24, 2.45) is 0 Å². The van der Waals surface area contributed by atoms with Crippen LogP contribution in [0, 0.1) is 11.3 Å². The van der Waals surface area contributed by atoms with E-state index in [1.165, 1.54) is 4.52 Å². The van der Waals surface area contributed by atoms with E-state index in [4.69, 9.17) is 10.00 Å². The second-order valence-electron chi connectivity index (χ2n) is 4.45. The molecule has 0 saturated heterocycles. The molecule has 2 aromatic heterocycles. The molecule has 7 heteroatoms. The molecule has 0 bridgehead atoms. The summed E-state index contributed by atoms with van der Waals surface area (Å²) in [5.74, 6) is 0.529. The average Bonchev–Trinajstić information content (AvgIpc) is 2.95. The van der Waals surface area contributed by atoms with E-state index in [9.17, 15) is 4.79 Å². The molecule has 1 aromatic carbocycles. The van der Waals surface area contributed by atoms with Gasteiger partial charge in [-0.25, -0.2) is 4.52 Å². The molecule has 3 aromatic rings. The van der Waals surface area contributed by atoms with Crippen molar-refractivity contribution in [1.29, 1.82) is 5.26 Å². The van der Waals surface area contributed by atoms with Crippen molar-refractivity contribution in [1.82, 2.24) is 14.6 Å². The zero-order chi connectivity index (χ0) is 15.5. The standard InChI is InChI=1S/C15H11N5O2/c1-22-12-4-2-11(3-5-12)14(21)18-15-17-13-8-10(9-16)6-7-20(13)19-15/h2-8H,1H3,(H,18,19,21). The number of nitrogens with zero attached hydrogens (tertiary/aromatic N) is 4. The van der Waals surface area contributed by atoms with Crippen LogP contribution in [0.3, 0.4) is 0 Å². The predicted octanol–water partition coefficient (Wildman–Crippen LogP) is 1.86. The lowest BCUT2D eigenvalue weighted by molar-refractivity contribution is 0.102. The Morgan fingerprint density at radius 2 is 2.09 bits per heavy atom. The number of amides is 1. The predicted molar refractivity (Wildman–Crippen MR) is 78.6 cm³/mol. The van der Waals surface area contributed by atoms with Crippen LogP contribution in [0.1, 0.15) is 15.9 Å². The van der Waals surface area contributed by atoms with E-state index in [1.54, 1.807) is 49.7 Å². The highest BCUT2D eigenvalue weighted by Gasteiger charge is 2.10. The molecule has 0 spiro atoms. The van der Waals surface area contributed by atoms with Gasteiger partial charge in [-0.05, 0) is 30.3 Å². The zero-order valence-electron chi connectivity index (χ0n) is 11.6. The number of nitrogens with one attached hydrogen (secondary N) is 1. The third-order valence-electron chi connectivity index (χ3n) is 3.04. The van der Waals surface area contributed by atoms with Crippen LogP contribution in [-0.2, 0) is 0 Å². The number of anilines is 1. The first-order valence-electron chi connectivity index (χ1n) is 6.41. The molecule has 1 N–H and O–H groups in total. The Balaban J connectivity index is 1.82. The number of hydrogen-bond donors (Lipinski definition) is 1. The van der Waals surface area contributed by atoms with Crippen molar-refractivity contribution < 1.29 is 9.53 Å². The molecular formula is C15H11N5O2. The maximum atomic E-state index is 12.1. The molecule has 0 saturated carbocycles. The lowest BCUT2D eigenvalue weighted by Gasteiger charge is -2.02. The molecule has 0 unspecified atom stereocenters. The van der Waals surface area contributed by atoms with Gasteiger partial charge >= 0.3 is 0 Å². The largest absolute Gasteiger partial charge is 0.497 e. The highest BCUT2D eigenvalue weighted by molar-refractivity contribution is 6.03. The minimum Gasteiger partial charge on any atom is -0.497 e. The number of fused-ring (bicyclic) bond motifs is 1. The fourth-order valence-corrected chi connectivity index (χ4v) is 1.92. The van der Waals surface area contributed by atoms with Gasteiger partial charge in [0, 0.05) is 17.8 Å². The van der Waals surface area contributed by atoms with Gasteiger partial charge < -0.3 is 4.74 Å². The van der Waals surface area contributed by atoms with Gasteiger partial charge in [0.25, 0.3) is 5.91 Å². The maximum absolute atomic E-state index is 12.1. The molecule has 7 nitrogen and oxygen atoms in total. The lowest BCUT2D eigenvalue weighted by Crippen LogP contribution is -2.12. The second kappa shape index (κ2) is 5.54. The first-order valence-corrected chi connectivity index (χ1v) is 6.41. The third-order valence-corrected chi connectivity index (χ3v) is 3.04. The Labute approximate surface area is 125 Å². The van der Waals surface area contributed by atoms with Gasteiger partial charge in [-0.1, -0.05) is 0 Å². The zero-order valence-corrected chi connectivity index (χ0v) is 11.6. The van der Waals surface area contributed by atoms with Crippen molar-refractivity contribution in [2.45, 2.75) is 0 Å². The van der Waals surface area contributed by atoms with Crippen LogP contribution in [0.5, 0.6) is 5.75 Å². The summed E-state index contributed by atoms with van der Waals surface area (Å²) < 4.78 is 6.53. The molecule has 0 fully saturated rings. The van der Waals surface area contributed by atoms with Gasteiger partial charge in [-0.2, -0.15) is 10.2 Å². The van der Waals surface area contributed by atoms with E-state index >= 15 is 0 Å². The summed E-state index contributed by atoms with van der Waals surface area (Å²) >= 11 is 0. The van der Waals surface area contributed by atoms with Gasteiger partial charge in [0.2, 0.25) is 5.95 Å². The fourth-order valence-electron chi connectivity index (χ4n) is 1.92. The van der Waals surface area contributed by atoms with Crippen LogP contribution in [0.2, 0.25) is 0 Å². The van der Waals surface area contributed by atoms with Crippen molar-refractivity contribution >= 4 is 17.5 Å². The normalized spacial score (nSPS) is 10.2. The van der Waals surface area contributed by atoms with E-state index in [0.29, 0.717) is 22.5 Å². The summed E-state index contributed by atoms with van der Waals surface area (Å²) in [5.41, 5.74) is 1.44. The molecule has 0 aliphatic carbocycles. The summed E-state index contributed by atoms with van der Waals surface area (Å²) in [7, 11) is 1.56. The van der Waals surface area contributed by atoms with E-state index in [-0.39, 0.29) is 11.9 Å². The van der Waals surface area contributed by atoms with E-state index in [1.807, 2.05) is 6.07 Å². The topological polar surface area (TPSA) is 92.3 Å². The van der Waals surface area contributed by atoms with Gasteiger partial charge in [0.15, 0.2) is 5.65 Å². The van der Waals surface area contributed by atoms with Crippen LogP contribution >= 0.6 is 0 Å². The van der Waals surface area contributed by atoms with Crippen molar-refractivity contribution in [2.75, 3.05) is 12.4 Å². The summed E-state index contributed by atoms with van der Waals surface area (Å²) in [5, 5.41) is 15.6. The smallest absolute Gasteiger partial charge is 0.258 e. The number of aromatic nitrogens is 3. The molecule has 0 atom stereocenters. The Bertz CT molecular complexity index is 877. The first kappa shape index (κ1) is 13.6. The van der Waals surface area contributed by atoms with E-state index in [0.717, 1.165) is 0 Å². The van der Waals surface area contributed by atoms with Crippen molar-refractivity contribution in [3.8, 4) is 11.8 Å². The highest BCUT2D eigenvalue weighted by Crippen LogP contribution is 2.13. The van der Waals surface area contributed by atoms with Gasteiger partial charge in [0.05, 0.1) is 18.7 Å². The molecule has 22 heavy (non-hydrogen) atoms. The van der Waals surface area contributed by atoms with E-state index < -0.39 is 0 Å². The molecule has 2 heterocycles. The highest BCUT2D eigenvalue weighted by atomic mass is 16.5. The molecule has 0 radical (unpaired) electrons. The molecular weight excluding hydrogens is 282 g/mol. The Morgan fingerprint density at radius 3 is 2.77 bits per heavy atom. The average molecular weight is 293 g/mol. The Hall–Kier alpha value is -3.40. The van der Waals surface area contributed by atoms with Crippen molar-refractivity contribution in [3.63, 3.8) is 0 Å². The van der Waals surface area contributed by atoms with Crippen LogP contribution < -0.4 is 10.1 Å². The number of rotatable bonds is 3. The van der Waals surface area contributed by atoms with Crippen LogP contribution in [0.25, 0.3) is 5.65 Å². The minimum atomic E-state index is -0.320. The monoisotopic (exact) mass is 293 g/mol. The summed E-state index contributed by atoms with van der Waals surface area (Å²) in [4.78, 5) is 16.3. The summed E-state index contributed by atoms with van der Waals surface area (Å²) in [6, 6.07) is 11.9. The molecule has 1 amide bonds. The quantitative estimate of drug-likeness (QED) is 0.795. The summed E-state index contributed by atoms with van der Waals surface area (Å²) in [6.45, 7) is 0. The molecule has 0 aliphatic rings. The van der Waals surface area contributed by atoms with Gasteiger partial charge in [-0.3, -0.25) is 10.1 Å². The second-order valence-corrected chi connectivity index (χ2v) is 4.45. The van der Waals surface area contributed by atoms with Crippen LogP contribution in [0.4, 0.5) is 5.95 Å². The van der Waals surface area contributed by atoms with Gasteiger partial charge in [0.1, 0.15) is 5.75 Å². The lowest BCUT2D eigenvalue weighted by atomic mass is 10.2. The number of nitriles is 1. The molecule has 0 aliphatic heterocycles. The number of benzene rings is 1. The molecule has 3 rings (SSSR count). The molecule has 108 valence electrons. The SMILES string of the molecule is COc1ccc(C(=O)Nc2nc3cc(C#N)ccn3n2)cc1. The summed E-state index contributed by atoms with van der Waals surface area (Å²) in [6.07, 6.45) is 1.62. The van der Waals surface area contributed by atoms with Crippen LogP contribution in [-0.4, -0.2) is 27.6 Å². The Kier molecular flexibility index (Phi) is 3.42.